The van der Waals surface area contributed by atoms with Gasteiger partial charge in [0.1, 0.15) is 5.75 Å². The van der Waals surface area contributed by atoms with Gasteiger partial charge in [0.05, 0.1) is 12.1 Å². The Kier molecular flexibility index (Phi) is 4.74. The van der Waals surface area contributed by atoms with E-state index in [1.807, 2.05) is 68.1 Å². The fraction of sp³-hybridized carbons (Fsp3) is 0.350. The number of rotatable bonds is 4. The lowest BCUT2D eigenvalue weighted by atomic mass is 10.1. The van der Waals surface area contributed by atoms with Gasteiger partial charge < -0.3 is 10.1 Å². The van der Waals surface area contributed by atoms with E-state index in [4.69, 9.17) is 4.74 Å². The van der Waals surface area contributed by atoms with E-state index in [0.717, 1.165) is 30.0 Å². The molecule has 1 aliphatic heterocycles. The van der Waals surface area contributed by atoms with Crippen molar-refractivity contribution in [1.29, 1.82) is 0 Å². The second kappa shape index (κ2) is 6.95. The highest BCUT2D eigenvalue weighted by molar-refractivity contribution is 5.94. The number of benzene rings is 2. The number of nitrogens with zero attached hydrogens (tertiary/aromatic N) is 1. The van der Waals surface area contributed by atoms with Crippen LogP contribution in [-0.2, 0) is 6.42 Å². The Morgan fingerprint density at radius 3 is 2.71 bits per heavy atom. The van der Waals surface area contributed by atoms with Gasteiger partial charge in [-0.05, 0) is 56.5 Å². The van der Waals surface area contributed by atoms with E-state index in [-0.39, 0.29) is 18.2 Å². The van der Waals surface area contributed by atoms with Crippen molar-refractivity contribution in [3.8, 4) is 5.75 Å². The van der Waals surface area contributed by atoms with E-state index in [1.54, 1.807) is 0 Å². The number of hydrogen-bond acceptors (Lipinski definition) is 2. The molecule has 2 amide bonds. The molecule has 1 heterocycles. The van der Waals surface area contributed by atoms with Crippen LogP contribution in [0.3, 0.4) is 0 Å². The Labute approximate surface area is 143 Å². The lowest BCUT2D eigenvalue weighted by molar-refractivity contribution is 0.240. The molecule has 0 bridgehead atoms. The molecule has 2 aromatic rings. The Bertz CT molecular complexity index is 727. The highest BCUT2D eigenvalue weighted by Crippen LogP contribution is 2.28. The van der Waals surface area contributed by atoms with Crippen molar-refractivity contribution in [1.82, 2.24) is 5.32 Å². The molecule has 0 saturated heterocycles. The van der Waals surface area contributed by atoms with Crippen molar-refractivity contribution in [2.45, 2.75) is 39.3 Å². The highest BCUT2D eigenvalue weighted by atomic mass is 16.5. The van der Waals surface area contributed by atoms with E-state index in [0.29, 0.717) is 0 Å². The van der Waals surface area contributed by atoms with Crippen LogP contribution in [0, 0.1) is 0 Å². The average molecular weight is 324 g/mol. The summed E-state index contributed by atoms with van der Waals surface area (Å²) in [7, 11) is 0. The van der Waals surface area contributed by atoms with Crippen molar-refractivity contribution < 1.29 is 9.53 Å². The van der Waals surface area contributed by atoms with Crippen LogP contribution >= 0.6 is 0 Å². The fourth-order valence-corrected chi connectivity index (χ4v) is 3.03. The first-order chi connectivity index (χ1) is 11.5. The third-order valence-corrected chi connectivity index (χ3v) is 4.20. The van der Waals surface area contributed by atoms with Crippen LogP contribution in [0.25, 0.3) is 0 Å². The third kappa shape index (κ3) is 3.53. The fourth-order valence-electron chi connectivity index (χ4n) is 3.03. The minimum atomic E-state index is -0.0824. The predicted molar refractivity (Wildman–Crippen MR) is 96.6 cm³/mol. The quantitative estimate of drug-likeness (QED) is 0.910. The maximum Gasteiger partial charge on any atom is 0.322 e. The van der Waals surface area contributed by atoms with E-state index >= 15 is 0 Å². The number of fused-ring (bicyclic) bond motifs is 1. The molecule has 0 fully saturated rings. The van der Waals surface area contributed by atoms with E-state index in [1.165, 1.54) is 5.56 Å². The summed E-state index contributed by atoms with van der Waals surface area (Å²) in [6.45, 7) is 6.73. The molecule has 0 aliphatic carbocycles. The first kappa shape index (κ1) is 16.4. The van der Waals surface area contributed by atoms with Gasteiger partial charge >= 0.3 is 6.03 Å². The summed E-state index contributed by atoms with van der Waals surface area (Å²) < 4.78 is 5.73. The smallest absolute Gasteiger partial charge is 0.322 e. The molecule has 1 N–H and O–H groups in total. The molecule has 1 atom stereocenters. The van der Waals surface area contributed by atoms with Gasteiger partial charge in [0.2, 0.25) is 0 Å². The van der Waals surface area contributed by atoms with Gasteiger partial charge in [-0.3, -0.25) is 4.90 Å². The topological polar surface area (TPSA) is 41.6 Å². The number of ether oxygens (including phenoxy) is 1. The van der Waals surface area contributed by atoms with Crippen LogP contribution in [-0.4, -0.2) is 18.7 Å². The Morgan fingerprint density at radius 1 is 1.12 bits per heavy atom. The molecule has 0 saturated carbocycles. The number of amides is 2. The van der Waals surface area contributed by atoms with Crippen molar-refractivity contribution in [2.24, 2.45) is 0 Å². The van der Waals surface area contributed by atoms with Gasteiger partial charge in [0, 0.05) is 12.2 Å². The zero-order valence-electron chi connectivity index (χ0n) is 14.5. The number of urea groups is 1. The Balaban J connectivity index is 1.69. The summed E-state index contributed by atoms with van der Waals surface area (Å²) in [6.07, 6.45) is 1.04. The van der Waals surface area contributed by atoms with E-state index < -0.39 is 0 Å². The zero-order chi connectivity index (χ0) is 17.1. The lowest BCUT2D eigenvalue weighted by Crippen LogP contribution is -2.40. The molecule has 4 nitrogen and oxygen atoms in total. The molecule has 0 radical (unpaired) electrons. The second-order valence-electron chi connectivity index (χ2n) is 6.44. The molecule has 0 aromatic heterocycles. The summed E-state index contributed by atoms with van der Waals surface area (Å²) in [5.74, 6) is 0.829. The minimum absolute atomic E-state index is 0.0531. The van der Waals surface area contributed by atoms with Gasteiger partial charge in [0.15, 0.2) is 0 Å². The number of carbonyl (C=O) groups excluding carboxylic acids is 1. The molecule has 24 heavy (non-hydrogen) atoms. The molecular weight excluding hydrogens is 300 g/mol. The molecule has 2 aromatic carbocycles. The van der Waals surface area contributed by atoms with Gasteiger partial charge in [-0.25, -0.2) is 4.79 Å². The summed E-state index contributed by atoms with van der Waals surface area (Å²) in [5.41, 5.74) is 3.28. The number of nitrogens with one attached hydrogen (secondary N) is 1. The summed E-state index contributed by atoms with van der Waals surface area (Å²) in [6, 6.07) is 15.8. The number of anilines is 1. The largest absolute Gasteiger partial charge is 0.491 e. The predicted octanol–water partition coefficient (Wildman–Crippen LogP) is 4.31. The summed E-state index contributed by atoms with van der Waals surface area (Å²) in [4.78, 5) is 14.5. The van der Waals surface area contributed by atoms with E-state index in [9.17, 15) is 4.79 Å². The van der Waals surface area contributed by atoms with Crippen LogP contribution in [0.2, 0.25) is 0 Å². The molecule has 4 heteroatoms. The first-order valence-corrected chi connectivity index (χ1v) is 8.47. The van der Waals surface area contributed by atoms with Crippen LogP contribution in [0.15, 0.2) is 48.5 Å². The maximum atomic E-state index is 12.6. The van der Waals surface area contributed by atoms with Gasteiger partial charge in [-0.1, -0.05) is 30.3 Å². The standard InChI is InChI=1S/C20H24N2O2/c1-14(2)24-18-9-6-8-17(13-18)15(3)21-20(23)22-12-11-16-7-4-5-10-19(16)22/h4-10,13-15H,11-12H2,1-3H3,(H,21,23). The number of hydrogen-bond donors (Lipinski definition) is 1. The van der Waals surface area contributed by atoms with E-state index in [2.05, 4.69) is 11.4 Å². The SMILES string of the molecule is CC(C)Oc1cccc(C(C)NC(=O)N2CCc3ccccc32)c1. The van der Waals surface area contributed by atoms with Crippen LogP contribution in [0.4, 0.5) is 10.5 Å². The minimum Gasteiger partial charge on any atom is -0.491 e. The number of carbonyl (C=O) groups is 1. The first-order valence-electron chi connectivity index (χ1n) is 8.47. The normalized spacial score (nSPS) is 14.4. The summed E-state index contributed by atoms with van der Waals surface area (Å²) in [5, 5.41) is 3.09. The Morgan fingerprint density at radius 2 is 1.92 bits per heavy atom. The average Bonchev–Trinajstić information content (AvgIpc) is 2.98. The third-order valence-electron chi connectivity index (χ3n) is 4.20. The Hall–Kier alpha value is -2.49. The van der Waals surface area contributed by atoms with Gasteiger partial charge in [-0.15, -0.1) is 0 Å². The molecule has 1 unspecified atom stereocenters. The van der Waals surface area contributed by atoms with Crippen molar-refractivity contribution in [3.63, 3.8) is 0 Å². The van der Waals surface area contributed by atoms with Crippen LogP contribution in [0.5, 0.6) is 5.75 Å². The maximum absolute atomic E-state index is 12.6. The number of para-hydroxylation sites is 1. The highest BCUT2D eigenvalue weighted by Gasteiger charge is 2.25. The van der Waals surface area contributed by atoms with Crippen molar-refractivity contribution >= 4 is 11.7 Å². The summed E-state index contributed by atoms with van der Waals surface area (Å²) >= 11 is 0. The second-order valence-corrected chi connectivity index (χ2v) is 6.44. The van der Waals surface area contributed by atoms with Gasteiger partial charge in [-0.2, -0.15) is 0 Å². The molecule has 1 aliphatic rings. The van der Waals surface area contributed by atoms with Gasteiger partial charge in [0.25, 0.3) is 0 Å². The molecule has 3 rings (SSSR count). The van der Waals surface area contributed by atoms with Crippen molar-refractivity contribution in [2.75, 3.05) is 11.4 Å². The van der Waals surface area contributed by atoms with Crippen molar-refractivity contribution in [3.05, 3.63) is 59.7 Å². The lowest BCUT2D eigenvalue weighted by Gasteiger charge is -2.22. The molecule has 126 valence electrons. The molecular formula is C20H24N2O2. The van der Waals surface area contributed by atoms with Crippen LogP contribution in [0.1, 0.15) is 37.9 Å². The van der Waals surface area contributed by atoms with Crippen LogP contribution < -0.4 is 15.0 Å². The monoisotopic (exact) mass is 324 g/mol. The molecule has 0 spiro atoms. The zero-order valence-corrected chi connectivity index (χ0v) is 14.5.